The summed E-state index contributed by atoms with van der Waals surface area (Å²) >= 11 is 0. The molecule has 0 radical (unpaired) electrons. The van der Waals surface area contributed by atoms with E-state index in [1.165, 1.54) is 24.3 Å². The van der Waals surface area contributed by atoms with E-state index in [4.69, 9.17) is 14.4 Å². The molecule has 1 aromatic rings. The Morgan fingerprint density at radius 3 is 2.45 bits per heavy atom. The largest absolute Gasteiger partial charge is 0.492 e. The van der Waals surface area contributed by atoms with Crippen molar-refractivity contribution in [1.29, 1.82) is 0 Å². The van der Waals surface area contributed by atoms with Crippen LogP contribution in [0.2, 0.25) is 0 Å². The van der Waals surface area contributed by atoms with Gasteiger partial charge in [0.15, 0.2) is 5.71 Å². The van der Waals surface area contributed by atoms with E-state index in [1.54, 1.807) is 0 Å². The van der Waals surface area contributed by atoms with Crippen molar-refractivity contribution < 1.29 is 32.4 Å². The molecule has 1 heterocycles. The third-order valence-corrected chi connectivity index (χ3v) is 3.40. The van der Waals surface area contributed by atoms with Crippen molar-refractivity contribution >= 4 is 33.4 Å². The van der Waals surface area contributed by atoms with Crippen LogP contribution in [-0.4, -0.2) is 48.0 Å². The number of hydrazone groups is 1. The molecule has 2 N–H and O–H groups in total. The summed E-state index contributed by atoms with van der Waals surface area (Å²) in [6.45, 7) is -0.220. The Labute approximate surface area is 125 Å². The fraction of sp³-hybridized carbons (Fsp3) is 0.250. The first-order valence-electron chi connectivity index (χ1n) is 6.08. The van der Waals surface area contributed by atoms with Crippen molar-refractivity contribution in [2.24, 2.45) is 5.10 Å². The van der Waals surface area contributed by atoms with E-state index in [0.29, 0.717) is 11.4 Å². The molecule has 1 amide bonds. The number of amides is 1. The molecule has 0 saturated carbocycles. The number of nitrogens with zero attached hydrogens (tertiary/aromatic N) is 2. The highest BCUT2D eigenvalue weighted by Gasteiger charge is 2.29. The molecule has 10 heteroatoms. The molecule has 0 fully saturated rings. The Balaban J connectivity index is 2.03. The van der Waals surface area contributed by atoms with Crippen molar-refractivity contribution in [3.8, 4) is 5.75 Å². The third-order valence-electron chi connectivity index (χ3n) is 2.71. The van der Waals surface area contributed by atoms with E-state index < -0.39 is 27.7 Å². The molecule has 22 heavy (non-hydrogen) atoms. The Hall–Kier alpha value is -2.46. The number of carbonyl (C=O) groups excluding carboxylic acids is 1. The minimum Gasteiger partial charge on any atom is -0.492 e. The van der Waals surface area contributed by atoms with Gasteiger partial charge in [-0.15, -0.1) is 0 Å². The number of anilines is 1. The molecule has 0 atom stereocenters. The Morgan fingerprint density at radius 1 is 1.32 bits per heavy atom. The normalized spacial score (nSPS) is 14.9. The molecule has 9 nitrogen and oxygen atoms in total. The minimum atomic E-state index is -4.09. The predicted octanol–water partition coefficient (Wildman–Crippen LogP) is 0.131. The number of benzene rings is 1. The average Bonchev–Trinajstić information content (AvgIpc) is 2.80. The number of rotatable bonds is 6. The molecule has 0 aliphatic carbocycles. The molecule has 0 aromatic heterocycles. The molecule has 118 valence electrons. The summed E-state index contributed by atoms with van der Waals surface area (Å²) in [7, 11) is -4.09. The summed E-state index contributed by atoms with van der Waals surface area (Å²) in [5.74, 6) is -1.91. The smallest absolute Gasteiger partial charge is 0.352 e. The van der Waals surface area contributed by atoms with Crippen molar-refractivity contribution in [2.75, 3.05) is 17.4 Å². The molecular weight excluding hydrogens is 316 g/mol. The summed E-state index contributed by atoms with van der Waals surface area (Å²) in [6.07, 6.45) is -0.276. The standard InChI is InChI=1S/C12H12N2O7S/c15-11-7-10(12(16)17)13-14(11)8-1-3-9(4-2-8)21-5-6-22(18,19)20/h1-4H,5-7H2,(H,16,17)(H,18,19,20). The molecule has 0 saturated heterocycles. The van der Waals surface area contributed by atoms with Crippen molar-refractivity contribution in [1.82, 2.24) is 0 Å². The zero-order valence-electron chi connectivity index (χ0n) is 11.2. The summed E-state index contributed by atoms with van der Waals surface area (Å²) in [4.78, 5) is 22.5. The minimum absolute atomic E-state index is 0.220. The molecular formula is C12H12N2O7S. The van der Waals surface area contributed by atoms with Crippen LogP contribution >= 0.6 is 0 Å². The number of aliphatic carboxylic acids is 1. The Kier molecular flexibility index (Phi) is 4.43. The van der Waals surface area contributed by atoms with Gasteiger partial charge in [-0.25, -0.2) is 4.79 Å². The van der Waals surface area contributed by atoms with E-state index in [9.17, 15) is 18.0 Å². The van der Waals surface area contributed by atoms with Gasteiger partial charge in [0, 0.05) is 0 Å². The maximum atomic E-state index is 11.7. The second-order valence-corrected chi connectivity index (χ2v) is 5.93. The zero-order chi connectivity index (χ0) is 16.3. The topological polar surface area (TPSA) is 134 Å². The highest BCUT2D eigenvalue weighted by molar-refractivity contribution is 7.85. The lowest BCUT2D eigenvalue weighted by Gasteiger charge is -2.12. The second kappa shape index (κ2) is 6.12. The van der Waals surface area contributed by atoms with Gasteiger partial charge in [0.25, 0.3) is 16.0 Å². The predicted molar refractivity (Wildman–Crippen MR) is 75.5 cm³/mol. The van der Waals surface area contributed by atoms with E-state index in [2.05, 4.69) is 5.10 Å². The maximum Gasteiger partial charge on any atom is 0.352 e. The zero-order valence-corrected chi connectivity index (χ0v) is 12.0. The third kappa shape index (κ3) is 4.02. The van der Waals surface area contributed by atoms with Gasteiger partial charge in [0.05, 0.1) is 12.1 Å². The lowest BCUT2D eigenvalue weighted by molar-refractivity contribution is -0.129. The van der Waals surface area contributed by atoms with Gasteiger partial charge in [-0.3, -0.25) is 9.35 Å². The van der Waals surface area contributed by atoms with Gasteiger partial charge < -0.3 is 9.84 Å². The number of carboxylic acids is 1. The van der Waals surface area contributed by atoms with Crippen LogP contribution in [0.1, 0.15) is 6.42 Å². The van der Waals surface area contributed by atoms with Crippen LogP contribution in [-0.2, 0) is 19.7 Å². The van der Waals surface area contributed by atoms with E-state index in [0.717, 1.165) is 5.01 Å². The lowest BCUT2D eigenvalue weighted by Crippen LogP contribution is -2.19. The Bertz CT molecular complexity index is 724. The second-order valence-electron chi connectivity index (χ2n) is 4.36. The lowest BCUT2D eigenvalue weighted by atomic mass is 10.2. The number of carboxylic acid groups (broad SMARTS) is 1. The summed E-state index contributed by atoms with van der Waals surface area (Å²) in [5, 5.41) is 13.5. The van der Waals surface area contributed by atoms with Gasteiger partial charge in [-0.1, -0.05) is 0 Å². The van der Waals surface area contributed by atoms with Crippen LogP contribution in [0.5, 0.6) is 5.75 Å². The number of ether oxygens (including phenoxy) is 1. The summed E-state index contributed by atoms with van der Waals surface area (Å²) < 4.78 is 34.8. The molecule has 2 rings (SSSR count). The van der Waals surface area contributed by atoms with Crippen molar-refractivity contribution in [3.63, 3.8) is 0 Å². The highest BCUT2D eigenvalue weighted by atomic mass is 32.2. The summed E-state index contributed by atoms with van der Waals surface area (Å²) in [6, 6.07) is 5.91. The highest BCUT2D eigenvalue weighted by Crippen LogP contribution is 2.23. The average molecular weight is 328 g/mol. The van der Waals surface area contributed by atoms with Gasteiger partial charge >= 0.3 is 5.97 Å². The fourth-order valence-corrected chi connectivity index (χ4v) is 1.99. The maximum absolute atomic E-state index is 11.7. The molecule has 1 aliphatic rings. The summed E-state index contributed by atoms with van der Waals surface area (Å²) in [5.41, 5.74) is 0.127. The van der Waals surface area contributed by atoms with Gasteiger partial charge in [-0.2, -0.15) is 18.5 Å². The Morgan fingerprint density at radius 2 is 1.95 bits per heavy atom. The van der Waals surface area contributed by atoms with Crippen LogP contribution in [0, 0.1) is 0 Å². The first-order chi connectivity index (χ1) is 10.3. The van der Waals surface area contributed by atoms with Crippen LogP contribution < -0.4 is 9.75 Å². The fourth-order valence-electron chi connectivity index (χ4n) is 1.70. The SMILES string of the molecule is O=C(O)C1=NN(c2ccc(OCCS(=O)(=O)O)cc2)C(=O)C1. The molecule has 0 spiro atoms. The van der Waals surface area contributed by atoms with Gasteiger partial charge in [0.1, 0.15) is 18.1 Å². The van der Waals surface area contributed by atoms with E-state index >= 15 is 0 Å². The van der Waals surface area contributed by atoms with Crippen molar-refractivity contribution in [3.05, 3.63) is 24.3 Å². The molecule has 0 bridgehead atoms. The van der Waals surface area contributed by atoms with Crippen LogP contribution in [0.15, 0.2) is 29.4 Å². The molecule has 1 aromatic carbocycles. The van der Waals surface area contributed by atoms with Crippen molar-refractivity contribution in [2.45, 2.75) is 6.42 Å². The van der Waals surface area contributed by atoms with Gasteiger partial charge in [-0.05, 0) is 24.3 Å². The monoisotopic (exact) mass is 328 g/mol. The van der Waals surface area contributed by atoms with Crippen LogP contribution in [0.25, 0.3) is 0 Å². The van der Waals surface area contributed by atoms with Crippen LogP contribution in [0.4, 0.5) is 5.69 Å². The van der Waals surface area contributed by atoms with Gasteiger partial charge in [0.2, 0.25) is 0 Å². The van der Waals surface area contributed by atoms with E-state index in [1.807, 2.05) is 0 Å². The number of hydrogen-bond donors (Lipinski definition) is 2. The quantitative estimate of drug-likeness (QED) is 0.709. The van der Waals surface area contributed by atoms with Crippen LogP contribution in [0.3, 0.4) is 0 Å². The number of carbonyl (C=O) groups is 2. The molecule has 1 aliphatic heterocycles. The first-order valence-corrected chi connectivity index (χ1v) is 7.69. The number of hydrogen-bond acceptors (Lipinski definition) is 6. The van der Waals surface area contributed by atoms with E-state index in [-0.39, 0.29) is 18.7 Å². The molecule has 0 unspecified atom stereocenters. The first kappa shape index (κ1) is 15.9.